The van der Waals surface area contributed by atoms with Gasteiger partial charge >= 0.3 is 0 Å². The molecule has 15 heavy (non-hydrogen) atoms. The molecule has 1 atom stereocenters. The van der Waals surface area contributed by atoms with E-state index in [-0.39, 0.29) is 0 Å². The van der Waals surface area contributed by atoms with Crippen molar-refractivity contribution in [3.63, 3.8) is 0 Å². The van der Waals surface area contributed by atoms with Crippen LogP contribution in [-0.4, -0.2) is 24.2 Å². The summed E-state index contributed by atoms with van der Waals surface area (Å²) in [6, 6.07) is 2.63. The first kappa shape index (κ1) is 10.4. The molecule has 2 heterocycles. The SMILES string of the molecule is CCCc1cncc(OC[C@@H]2CCN2)c1. The predicted molar refractivity (Wildman–Crippen MR) is 60.1 cm³/mol. The maximum atomic E-state index is 5.67. The van der Waals surface area contributed by atoms with Gasteiger partial charge in [-0.15, -0.1) is 0 Å². The fourth-order valence-electron chi connectivity index (χ4n) is 1.66. The average molecular weight is 206 g/mol. The Morgan fingerprint density at radius 3 is 3.07 bits per heavy atom. The highest BCUT2D eigenvalue weighted by molar-refractivity contribution is 5.23. The second kappa shape index (κ2) is 5.12. The molecule has 0 amide bonds. The van der Waals surface area contributed by atoms with Crippen LogP contribution in [0.25, 0.3) is 0 Å². The third-order valence-electron chi connectivity index (χ3n) is 2.69. The van der Waals surface area contributed by atoms with E-state index in [1.54, 1.807) is 6.20 Å². The van der Waals surface area contributed by atoms with Crippen molar-refractivity contribution in [1.29, 1.82) is 0 Å². The minimum atomic E-state index is 0.542. The summed E-state index contributed by atoms with van der Waals surface area (Å²) in [6.07, 6.45) is 7.15. The normalized spacial score (nSPS) is 19.7. The van der Waals surface area contributed by atoms with Gasteiger partial charge in [-0.05, 0) is 31.0 Å². The highest BCUT2D eigenvalue weighted by atomic mass is 16.5. The van der Waals surface area contributed by atoms with Crippen molar-refractivity contribution in [3.05, 3.63) is 24.0 Å². The molecule has 2 rings (SSSR count). The van der Waals surface area contributed by atoms with Crippen LogP contribution in [0.3, 0.4) is 0 Å². The van der Waals surface area contributed by atoms with E-state index in [2.05, 4.69) is 23.3 Å². The second-order valence-corrected chi connectivity index (χ2v) is 4.03. The van der Waals surface area contributed by atoms with Crippen LogP contribution in [0, 0.1) is 0 Å². The molecule has 1 N–H and O–H groups in total. The molecule has 82 valence electrons. The van der Waals surface area contributed by atoms with E-state index in [1.807, 2.05) is 6.20 Å². The van der Waals surface area contributed by atoms with Gasteiger partial charge in [0.2, 0.25) is 0 Å². The molecule has 0 spiro atoms. The quantitative estimate of drug-likeness (QED) is 0.797. The van der Waals surface area contributed by atoms with Gasteiger partial charge in [0, 0.05) is 12.2 Å². The van der Waals surface area contributed by atoms with Crippen molar-refractivity contribution in [2.24, 2.45) is 0 Å². The van der Waals surface area contributed by atoms with E-state index in [4.69, 9.17) is 4.74 Å². The number of ether oxygens (including phenoxy) is 1. The van der Waals surface area contributed by atoms with Crippen molar-refractivity contribution < 1.29 is 4.74 Å². The predicted octanol–water partition coefficient (Wildman–Crippen LogP) is 1.77. The van der Waals surface area contributed by atoms with E-state index in [1.165, 1.54) is 12.0 Å². The first-order chi connectivity index (χ1) is 7.38. The largest absolute Gasteiger partial charge is 0.490 e. The molecule has 1 aliphatic heterocycles. The lowest BCUT2D eigenvalue weighted by Gasteiger charge is -2.27. The molecule has 0 bridgehead atoms. The van der Waals surface area contributed by atoms with Gasteiger partial charge in [-0.2, -0.15) is 0 Å². The van der Waals surface area contributed by atoms with E-state index in [0.717, 1.165) is 31.7 Å². The van der Waals surface area contributed by atoms with E-state index >= 15 is 0 Å². The van der Waals surface area contributed by atoms with E-state index < -0.39 is 0 Å². The van der Waals surface area contributed by atoms with E-state index in [9.17, 15) is 0 Å². The van der Waals surface area contributed by atoms with Crippen molar-refractivity contribution in [3.8, 4) is 5.75 Å². The lowest BCUT2D eigenvalue weighted by atomic mass is 10.1. The molecule has 0 radical (unpaired) electrons. The van der Waals surface area contributed by atoms with Crippen LogP contribution in [0.5, 0.6) is 5.75 Å². The van der Waals surface area contributed by atoms with Gasteiger partial charge in [0.15, 0.2) is 0 Å². The summed E-state index contributed by atoms with van der Waals surface area (Å²) in [6.45, 7) is 4.06. The maximum absolute atomic E-state index is 5.67. The molecule has 1 aromatic heterocycles. The zero-order chi connectivity index (χ0) is 10.5. The summed E-state index contributed by atoms with van der Waals surface area (Å²) in [5, 5.41) is 3.31. The summed E-state index contributed by atoms with van der Waals surface area (Å²) < 4.78 is 5.67. The van der Waals surface area contributed by atoms with Gasteiger partial charge in [0.1, 0.15) is 12.4 Å². The van der Waals surface area contributed by atoms with Crippen LogP contribution in [0.1, 0.15) is 25.3 Å². The monoisotopic (exact) mass is 206 g/mol. The van der Waals surface area contributed by atoms with Crippen LogP contribution < -0.4 is 10.1 Å². The minimum Gasteiger partial charge on any atom is -0.490 e. The number of aryl methyl sites for hydroxylation is 1. The third kappa shape index (κ3) is 2.93. The molecular weight excluding hydrogens is 188 g/mol. The Hall–Kier alpha value is -1.09. The molecular formula is C12H18N2O. The second-order valence-electron chi connectivity index (χ2n) is 4.03. The highest BCUT2D eigenvalue weighted by Crippen LogP contribution is 2.14. The summed E-state index contributed by atoms with van der Waals surface area (Å²) in [5.41, 5.74) is 1.26. The molecule has 3 heteroatoms. The molecule has 0 aromatic carbocycles. The van der Waals surface area contributed by atoms with Crippen molar-refractivity contribution in [1.82, 2.24) is 10.3 Å². The average Bonchev–Trinajstić information content (AvgIpc) is 2.16. The minimum absolute atomic E-state index is 0.542. The van der Waals surface area contributed by atoms with Crippen LogP contribution in [0.15, 0.2) is 18.5 Å². The van der Waals surface area contributed by atoms with Gasteiger partial charge < -0.3 is 10.1 Å². The van der Waals surface area contributed by atoms with Gasteiger partial charge in [0.25, 0.3) is 0 Å². The molecule has 3 nitrogen and oxygen atoms in total. The lowest BCUT2D eigenvalue weighted by Crippen LogP contribution is -2.46. The Bertz CT molecular complexity index is 310. The topological polar surface area (TPSA) is 34.1 Å². The third-order valence-corrected chi connectivity index (χ3v) is 2.69. The first-order valence-electron chi connectivity index (χ1n) is 5.68. The van der Waals surface area contributed by atoms with Crippen LogP contribution in [-0.2, 0) is 6.42 Å². The van der Waals surface area contributed by atoms with Crippen LogP contribution in [0.4, 0.5) is 0 Å². The number of hydrogen-bond acceptors (Lipinski definition) is 3. The van der Waals surface area contributed by atoms with Gasteiger partial charge in [-0.1, -0.05) is 13.3 Å². The molecule has 0 unspecified atom stereocenters. The standard InChI is InChI=1S/C12H18N2O/c1-2-3-10-6-12(8-13-7-10)15-9-11-4-5-14-11/h6-8,11,14H,2-5,9H2,1H3/t11-/m0/s1. The molecule has 1 saturated heterocycles. The maximum Gasteiger partial charge on any atom is 0.137 e. The van der Waals surface area contributed by atoms with E-state index in [0.29, 0.717) is 6.04 Å². The summed E-state index contributed by atoms with van der Waals surface area (Å²) in [4.78, 5) is 4.18. The van der Waals surface area contributed by atoms with Crippen LogP contribution in [0.2, 0.25) is 0 Å². The zero-order valence-corrected chi connectivity index (χ0v) is 9.20. The number of hydrogen-bond donors (Lipinski definition) is 1. The van der Waals surface area contributed by atoms with Crippen molar-refractivity contribution >= 4 is 0 Å². The summed E-state index contributed by atoms with van der Waals surface area (Å²) >= 11 is 0. The Morgan fingerprint density at radius 2 is 2.40 bits per heavy atom. The Kier molecular flexibility index (Phi) is 3.56. The number of pyridine rings is 1. The zero-order valence-electron chi connectivity index (χ0n) is 9.20. The smallest absolute Gasteiger partial charge is 0.137 e. The number of rotatable bonds is 5. The van der Waals surface area contributed by atoms with Gasteiger partial charge in [-0.3, -0.25) is 4.98 Å². The highest BCUT2D eigenvalue weighted by Gasteiger charge is 2.16. The molecule has 1 fully saturated rings. The first-order valence-corrected chi connectivity index (χ1v) is 5.68. The van der Waals surface area contributed by atoms with Crippen molar-refractivity contribution in [2.75, 3.05) is 13.2 Å². The fraction of sp³-hybridized carbons (Fsp3) is 0.583. The Morgan fingerprint density at radius 1 is 1.53 bits per heavy atom. The Labute approximate surface area is 90.9 Å². The number of nitrogens with one attached hydrogen (secondary N) is 1. The summed E-state index contributed by atoms with van der Waals surface area (Å²) in [7, 11) is 0. The number of aromatic nitrogens is 1. The lowest BCUT2D eigenvalue weighted by molar-refractivity contribution is 0.217. The molecule has 0 saturated carbocycles. The van der Waals surface area contributed by atoms with Crippen LogP contribution >= 0.6 is 0 Å². The van der Waals surface area contributed by atoms with Crippen molar-refractivity contribution in [2.45, 2.75) is 32.2 Å². The van der Waals surface area contributed by atoms with Gasteiger partial charge in [0.05, 0.1) is 6.20 Å². The fourth-order valence-corrected chi connectivity index (χ4v) is 1.66. The molecule has 0 aliphatic carbocycles. The van der Waals surface area contributed by atoms with Gasteiger partial charge in [-0.25, -0.2) is 0 Å². The Balaban J connectivity index is 1.86. The number of nitrogens with zero attached hydrogens (tertiary/aromatic N) is 1. The molecule has 1 aromatic rings. The summed E-state index contributed by atoms with van der Waals surface area (Å²) in [5.74, 6) is 0.898. The molecule has 1 aliphatic rings.